The van der Waals surface area contributed by atoms with Gasteiger partial charge in [0.2, 0.25) is 0 Å². The quantitative estimate of drug-likeness (QED) is 0.683. The Morgan fingerprint density at radius 1 is 1.28 bits per heavy atom. The Kier molecular flexibility index (Phi) is 4.43. The van der Waals surface area contributed by atoms with Crippen molar-refractivity contribution in [3.63, 3.8) is 0 Å². The molecule has 96 valence electrons. The molecule has 2 rings (SSSR count). The molecule has 0 aliphatic rings. The molecule has 2 nitrogen and oxygen atoms in total. The number of phenols is 1. The van der Waals surface area contributed by atoms with Crippen molar-refractivity contribution in [3.05, 3.63) is 43.0 Å². The third kappa shape index (κ3) is 3.12. The maximum atomic E-state index is 9.49. The Labute approximate surface area is 128 Å². The lowest BCUT2D eigenvalue weighted by molar-refractivity contribution is 0.476. The van der Waals surface area contributed by atoms with E-state index >= 15 is 0 Å². The average Bonchev–Trinajstić information content (AvgIpc) is 2.72. The molecule has 0 amide bonds. The van der Waals surface area contributed by atoms with Gasteiger partial charge in [-0.3, -0.25) is 0 Å². The van der Waals surface area contributed by atoms with E-state index < -0.39 is 0 Å². The number of hydrogen-bond acceptors (Lipinski definition) is 3. The highest BCUT2D eigenvalue weighted by molar-refractivity contribution is 9.11. The number of rotatable bonds is 3. The molecule has 0 spiro atoms. The first-order valence-electron chi connectivity index (χ1n) is 5.17. The van der Waals surface area contributed by atoms with E-state index in [9.17, 15) is 5.11 Å². The van der Waals surface area contributed by atoms with Crippen molar-refractivity contribution < 1.29 is 5.11 Å². The van der Waals surface area contributed by atoms with Crippen LogP contribution in [0.1, 0.15) is 17.8 Å². The van der Waals surface area contributed by atoms with Crippen molar-refractivity contribution in [2.75, 3.05) is 5.32 Å². The van der Waals surface area contributed by atoms with Crippen LogP contribution in [0.3, 0.4) is 0 Å². The third-order valence-corrected chi connectivity index (χ3v) is 4.80. The minimum Gasteiger partial charge on any atom is -0.505 e. The van der Waals surface area contributed by atoms with Gasteiger partial charge in [-0.2, -0.15) is 0 Å². The van der Waals surface area contributed by atoms with Crippen molar-refractivity contribution in [2.24, 2.45) is 0 Å². The first-order chi connectivity index (χ1) is 8.47. The number of anilines is 1. The second-order valence-electron chi connectivity index (χ2n) is 3.80. The molecular formula is C12H10BrCl2NOS. The molecule has 2 N–H and O–H groups in total. The first-order valence-corrected chi connectivity index (χ1v) is 7.53. The fourth-order valence-corrected chi connectivity index (χ4v) is 3.44. The summed E-state index contributed by atoms with van der Waals surface area (Å²) < 4.78 is 1.09. The van der Waals surface area contributed by atoms with Gasteiger partial charge in [0.25, 0.3) is 0 Å². The highest BCUT2D eigenvalue weighted by Gasteiger charge is 2.11. The molecule has 0 aliphatic heterocycles. The lowest BCUT2D eigenvalue weighted by Gasteiger charge is -2.14. The number of thiophene rings is 1. The van der Waals surface area contributed by atoms with Gasteiger partial charge >= 0.3 is 0 Å². The molecule has 6 heteroatoms. The topological polar surface area (TPSA) is 32.3 Å². The van der Waals surface area contributed by atoms with E-state index in [1.807, 2.05) is 13.0 Å². The van der Waals surface area contributed by atoms with Crippen LogP contribution in [0.25, 0.3) is 0 Å². The van der Waals surface area contributed by atoms with Crippen molar-refractivity contribution in [3.8, 4) is 5.75 Å². The van der Waals surface area contributed by atoms with Crippen LogP contribution in [-0.2, 0) is 0 Å². The second-order valence-corrected chi connectivity index (χ2v) is 7.11. The Balaban J connectivity index is 2.19. The van der Waals surface area contributed by atoms with Crippen molar-refractivity contribution in [2.45, 2.75) is 13.0 Å². The number of hydrogen-bond donors (Lipinski definition) is 2. The van der Waals surface area contributed by atoms with Gasteiger partial charge in [0.1, 0.15) is 0 Å². The van der Waals surface area contributed by atoms with Gasteiger partial charge in [-0.25, -0.2) is 0 Å². The van der Waals surface area contributed by atoms with Crippen LogP contribution < -0.4 is 5.32 Å². The maximum Gasteiger partial charge on any atom is 0.152 e. The van der Waals surface area contributed by atoms with Crippen LogP contribution in [0.5, 0.6) is 5.75 Å². The molecule has 0 saturated carbocycles. The monoisotopic (exact) mass is 365 g/mol. The zero-order chi connectivity index (χ0) is 13.3. The van der Waals surface area contributed by atoms with Crippen LogP contribution in [0, 0.1) is 0 Å². The second kappa shape index (κ2) is 5.70. The van der Waals surface area contributed by atoms with E-state index in [0.717, 1.165) is 9.47 Å². The molecule has 1 aromatic carbocycles. The molecule has 0 bridgehead atoms. The van der Waals surface area contributed by atoms with Crippen molar-refractivity contribution >= 4 is 56.2 Å². The summed E-state index contributed by atoms with van der Waals surface area (Å²) in [5, 5.41) is 13.3. The summed E-state index contributed by atoms with van der Waals surface area (Å²) in [5.74, 6) is -0.0876. The number of benzene rings is 1. The number of halogens is 3. The SMILES string of the molecule is CC(Nc1cc(Cl)c(O)c(Cl)c1)c1ccc(Br)s1. The molecule has 1 aromatic heterocycles. The predicted octanol–water partition coefficient (Wildman–Crippen LogP) is 5.70. The fourth-order valence-electron chi connectivity index (χ4n) is 1.53. The summed E-state index contributed by atoms with van der Waals surface area (Å²) in [7, 11) is 0. The molecular weight excluding hydrogens is 357 g/mol. The smallest absolute Gasteiger partial charge is 0.152 e. The van der Waals surface area contributed by atoms with E-state index in [2.05, 4.69) is 27.3 Å². The van der Waals surface area contributed by atoms with E-state index in [4.69, 9.17) is 23.2 Å². The van der Waals surface area contributed by atoms with Crippen molar-refractivity contribution in [1.29, 1.82) is 0 Å². The molecule has 0 radical (unpaired) electrons. The predicted molar refractivity (Wildman–Crippen MR) is 82.2 cm³/mol. The highest BCUT2D eigenvalue weighted by Crippen LogP contribution is 2.36. The first kappa shape index (κ1) is 14.0. The molecule has 1 atom stereocenters. The van der Waals surface area contributed by atoms with Gasteiger partial charge in [-0.15, -0.1) is 11.3 Å². The van der Waals surface area contributed by atoms with Crippen LogP contribution in [0.4, 0.5) is 5.69 Å². The number of phenolic OH excluding ortho intramolecular Hbond substituents is 1. The van der Waals surface area contributed by atoms with E-state index in [0.29, 0.717) is 0 Å². The number of aromatic hydroxyl groups is 1. The van der Waals surface area contributed by atoms with E-state index in [-0.39, 0.29) is 21.8 Å². The van der Waals surface area contributed by atoms with Crippen LogP contribution in [-0.4, -0.2) is 5.11 Å². The fraction of sp³-hybridized carbons (Fsp3) is 0.167. The van der Waals surface area contributed by atoms with Gasteiger partial charge in [0, 0.05) is 10.6 Å². The largest absolute Gasteiger partial charge is 0.505 e. The highest BCUT2D eigenvalue weighted by atomic mass is 79.9. The Bertz CT molecular complexity index is 550. The van der Waals surface area contributed by atoms with Gasteiger partial charge in [0.05, 0.1) is 19.9 Å². The Hall–Kier alpha value is -0.420. The minimum absolute atomic E-state index is 0.0876. The van der Waals surface area contributed by atoms with Crippen LogP contribution in [0.15, 0.2) is 28.1 Å². The summed E-state index contributed by atoms with van der Waals surface area (Å²) in [5.41, 5.74) is 0.778. The summed E-state index contributed by atoms with van der Waals surface area (Å²) in [4.78, 5) is 1.20. The number of nitrogens with one attached hydrogen (secondary N) is 1. The van der Waals surface area contributed by atoms with Gasteiger partial charge in [-0.1, -0.05) is 23.2 Å². The van der Waals surface area contributed by atoms with Crippen LogP contribution in [0.2, 0.25) is 10.0 Å². The standard InChI is InChI=1S/C12H10BrCl2NOS/c1-6(10-2-3-11(13)18-10)16-7-4-8(14)12(17)9(15)5-7/h2-6,16-17H,1H3. The lowest BCUT2D eigenvalue weighted by Crippen LogP contribution is -2.04. The van der Waals surface area contributed by atoms with Gasteiger partial charge < -0.3 is 10.4 Å². The van der Waals surface area contributed by atoms with Crippen molar-refractivity contribution in [1.82, 2.24) is 0 Å². The summed E-state index contributed by atoms with van der Waals surface area (Å²) in [6.45, 7) is 2.05. The van der Waals surface area contributed by atoms with Gasteiger partial charge in [0.15, 0.2) is 5.75 Å². The van der Waals surface area contributed by atoms with E-state index in [1.165, 1.54) is 4.88 Å². The molecule has 2 aromatic rings. The molecule has 1 heterocycles. The van der Waals surface area contributed by atoms with E-state index in [1.54, 1.807) is 23.5 Å². The summed E-state index contributed by atoms with van der Waals surface area (Å²) in [6, 6.07) is 7.51. The molecule has 0 fully saturated rings. The maximum absolute atomic E-state index is 9.49. The average molecular weight is 367 g/mol. The lowest BCUT2D eigenvalue weighted by atomic mass is 10.2. The normalized spacial score (nSPS) is 12.4. The minimum atomic E-state index is -0.0876. The van der Waals surface area contributed by atoms with Crippen LogP contribution >= 0.6 is 50.5 Å². The molecule has 0 aliphatic carbocycles. The van der Waals surface area contributed by atoms with Gasteiger partial charge in [-0.05, 0) is 47.1 Å². The summed E-state index contributed by atoms with van der Waals surface area (Å²) >= 11 is 16.8. The molecule has 18 heavy (non-hydrogen) atoms. The third-order valence-electron chi connectivity index (χ3n) is 2.42. The Morgan fingerprint density at radius 2 is 1.89 bits per heavy atom. The zero-order valence-electron chi connectivity index (χ0n) is 9.38. The molecule has 0 saturated heterocycles. The zero-order valence-corrected chi connectivity index (χ0v) is 13.3. The Morgan fingerprint density at radius 3 is 2.39 bits per heavy atom. The molecule has 1 unspecified atom stereocenters. The summed E-state index contributed by atoms with van der Waals surface area (Å²) in [6.07, 6.45) is 0.